The molecule has 0 radical (unpaired) electrons. The predicted octanol–water partition coefficient (Wildman–Crippen LogP) is 2.75. The summed E-state index contributed by atoms with van der Waals surface area (Å²) in [6.07, 6.45) is 2.29. The zero-order chi connectivity index (χ0) is 17.7. The lowest BCUT2D eigenvalue weighted by Gasteiger charge is -2.44. The summed E-state index contributed by atoms with van der Waals surface area (Å²) >= 11 is 0. The van der Waals surface area contributed by atoms with Crippen molar-refractivity contribution in [1.82, 2.24) is 15.1 Å². The van der Waals surface area contributed by atoms with Crippen LogP contribution in [0.15, 0.2) is 24.3 Å². The van der Waals surface area contributed by atoms with Gasteiger partial charge in [0.05, 0.1) is 0 Å². The molecule has 0 aromatic heterocycles. The first-order valence-corrected chi connectivity index (χ1v) is 8.50. The summed E-state index contributed by atoms with van der Waals surface area (Å²) in [5.41, 5.74) is 0.341. The highest BCUT2D eigenvalue weighted by molar-refractivity contribution is 5.89. The van der Waals surface area contributed by atoms with Gasteiger partial charge in [0.1, 0.15) is 5.82 Å². The number of benzene rings is 1. The van der Waals surface area contributed by atoms with Crippen LogP contribution in [0.1, 0.15) is 26.7 Å². The van der Waals surface area contributed by atoms with Crippen LogP contribution in [0.2, 0.25) is 0 Å². The Kier molecular flexibility index (Phi) is 6.18. The molecule has 2 rings (SSSR count). The third kappa shape index (κ3) is 5.18. The van der Waals surface area contributed by atoms with Gasteiger partial charge in [-0.3, -0.25) is 4.90 Å². The van der Waals surface area contributed by atoms with Gasteiger partial charge in [-0.15, -0.1) is 0 Å². The molecule has 0 saturated carbocycles. The molecule has 5 nitrogen and oxygen atoms in total. The third-order valence-electron chi connectivity index (χ3n) is 4.81. The monoisotopic (exact) mass is 336 g/mol. The van der Waals surface area contributed by atoms with E-state index in [0.29, 0.717) is 18.3 Å². The number of urea groups is 1. The zero-order valence-electron chi connectivity index (χ0n) is 15.1. The lowest BCUT2D eigenvalue weighted by atomic mass is 9.96. The lowest BCUT2D eigenvalue weighted by Crippen LogP contribution is -2.56. The number of anilines is 1. The van der Waals surface area contributed by atoms with Crippen LogP contribution in [0.4, 0.5) is 14.9 Å². The molecule has 6 heteroatoms. The van der Waals surface area contributed by atoms with Gasteiger partial charge in [0.2, 0.25) is 0 Å². The van der Waals surface area contributed by atoms with Crippen LogP contribution in [-0.4, -0.2) is 61.1 Å². The summed E-state index contributed by atoms with van der Waals surface area (Å²) in [5, 5.41) is 5.56. The Balaban J connectivity index is 1.80. The summed E-state index contributed by atoms with van der Waals surface area (Å²) < 4.78 is 13.1. The Morgan fingerprint density at radius 2 is 2.00 bits per heavy atom. The smallest absolute Gasteiger partial charge is 0.319 e. The molecule has 0 spiro atoms. The molecule has 1 heterocycles. The van der Waals surface area contributed by atoms with E-state index in [-0.39, 0.29) is 17.4 Å². The number of piperidine rings is 1. The second-order valence-electron chi connectivity index (χ2n) is 7.31. The number of hydrogen-bond donors (Lipinski definition) is 2. The molecule has 1 aromatic rings. The largest absolute Gasteiger partial charge is 0.336 e. The first-order valence-electron chi connectivity index (χ1n) is 8.50. The molecule has 1 saturated heterocycles. The van der Waals surface area contributed by atoms with E-state index < -0.39 is 0 Å². The Morgan fingerprint density at radius 3 is 2.58 bits per heavy atom. The molecule has 2 amide bonds. The Morgan fingerprint density at radius 1 is 1.33 bits per heavy atom. The van der Waals surface area contributed by atoms with E-state index in [9.17, 15) is 9.18 Å². The van der Waals surface area contributed by atoms with Gasteiger partial charge in [0.15, 0.2) is 0 Å². The number of carbonyl (C=O) groups excluding carboxylic acids is 1. The third-order valence-corrected chi connectivity index (χ3v) is 4.81. The molecule has 0 atom stereocenters. The first kappa shape index (κ1) is 18.7. The minimum Gasteiger partial charge on any atom is -0.336 e. The van der Waals surface area contributed by atoms with Crippen LogP contribution in [0.5, 0.6) is 0 Å². The van der Waals surface area contributed by atoms with E-state index in [2.05, 4.69) is 48.4 Å². The van der Waals surface area contributed by atoms with Crippen LogP contribution >= 0.6 is 0 Å². The van der Waals surface area contributed by atoms with Crippen molar-refractivity contribution in [3.8, 4) is 0 Å². The number of hydrogen-bond acceptors (Lipinski definition) is 3. The minimum atomic E-state index is -0.364. The fourth-order valence-corrected chi connectivity index (χ4v) is 3.14. The summed E-state index contributed by atoms with van der Waals surface area (Å²) in [5.74, 6) is -0.364. The second-order valence-corrected chi connectivity index (χ2v) is 7.31. The van der Waals surface area contributed by atoms with Crippen molar-refractivity contribution in [1.29, 1.82) is 0 Å². The molecule has 1 fully saturated rings. The maximum absolute atomic E-state index is 13.1. The average molecular weight is 336 g/mol. The standard InChI is InChI=1S/C18H29FN4O/c1-18(2,23-10-8-16(9-11-23)22(3)4)13-20-17(24)21-15-7-5-6-14(19)12-15/h5-7,12,16H,8-11,13H2,1-4H3,(H2,20,21,24). The molecular weight excluding hydrogens is 307 g/mol. The molecule has 2 N–H and O–H groups in total. The predicted molar refractivity (Wildman–Crippen MR) is 95.8 cm³/mol. The molecule has 0 aliphatic carbocycles. The van der Waals surface area contributed by atoms with Crippen LogP contribution in [-0.2, 0) is 0 Å². The quantitative estimate of drug-likeness (QED) is 0.869. The van der Waals surface area contributed by atoms with Gasteiger partial charge in [-0.05, 0) is 59.0 Å². The topological polar surface area (TPSA) is 47.6 Å². The van der Waals surface area contributed by atoms with Crippen LogP contribution in [0, 0.1) is 5.82 Å². The van der Waals surface area contributed by atoms with E-state index >= 15 is 0 Å². The number of carbonyl (C=O) groups is 1. The molecule has 134 valence electrons. The number of halogens is 1. The van der Waals surface area contributed by atoms with Crippen molar-refractivity contribution in [3.05, 3.63) is 30.1 Å². The zero-order valence-corrected chi connectivity index (χ0v) is 15.1. The lowest BCUT2D eigenvalue weighted by molar-refractivity contribution is 0.0634. The average Bonchev–Trinajstić information content (AvgIpc) is 2.53. The van der Waals surface area contributed by atoms with E-state index in [1.807, 2.05) is 0 Å². The van der Waals surface area contributed by atoms with Gasteiger partial charge in [0, 0.05) is 36.9 Å². The highest BCUT2D eigenvalue weighted by atomic mass is 19.1. The van der Waals surface area contributed by atoms with E-state index in [1.54, 1.807) is 12.1 Å². The molecular formula is C18H29FN4O. The Hall–Kier alpha value is -1.66. The first-order chi connectivity index (χ1) is 11.3. The van der Waals surface area contributed by atoms with Gasteiger partial charge in [-0.1, -0.05) is 6.07 Å². The highest BCUT2D eigenvalue weighted by Crippen LogP contribution is 2.22. The second kappa shape index (κ2) is 7.94. The van der Waals surface area contributed by atoms with Gasteiger partial charge >= 0.3 is 6.03 Å². The number of amides is 2. The SMILES string of the molecule is CN(C)C1CCN(C(C)(C)CNC(=O)Nc2cccc(F)c2)CC1. The molecule has 24 heavy (non-hydrogen) atoms. The fraction of sp³-hybridized carbons (Fsp3) is 0.611. The molecule has 1 aromatic carbocycles. The van der Waals surface area contributed by atoms with Crippen molar-refractivity contribution in [2.75, 3.05) is 39.0 Å². The molecule has 0 bridgehead atoms. The van der Waals surface area contributed by atoms with Gasteiger partial charge in [0.25, 0.3) is 0 Å². The fourth-order valence-electron chi connectivity index (χ4n) is 3.14. The van der Waals surface area contributed by atoms with Gasteiger partial charge < -0.3 is 15.5 Å². The van der Waals surface area contributed by atoms with Crippen LogP contribution in [0.25, 0.3) is 0 Å². The van der Waals surface area contributed by atoms with Crippen molar-refractivity contribution in [2.45, 2.75) is 38.3 Å². The van der Waals surface area contributed by atoms with Gasteiger partial charge in [-0.2, -0.15) is 0 Å². The number of nitrogens with zero attached hydrogens (tertiary/aromatic N) is 2. The maximum Gasteiger partial charge on any atom is 0.319 e. The summed E-state index contributed by atoms with van der Waals surface area (Å²) in [6, 6.07) is 6.22. The number of rotatable bonds is 5. The van der Waals surface area contributed by atoms with Crippen molar-refractivity contribution < 1.29 is 9.18 Å². The number of likely N-dealkylation sites (tertiary alicyclic amines) is 1. The normalized spacial score (nSPS) is 17.1. The van der Waals surface area contributed by atoms with E-state index in [1.165, 1.54) is 12.1 Å². The Bertz CT molecular complexity index is 554. The highest BCUT2D eigenvalue weighted by Gasteiger charge is 2.31. The van der Waals surface area contributed by atoms with Crippen LogP contribution in [0.3, 0.4) is 0 Å². The summed E-state index contributed by atoms with van der Waals surface area (Å²) in [6.45, 7) is 6.89. The molecule has 0 unspecified atom stereocenters. The van der Waals surface area contributed by atoms with E-state index in [0.717, 1.165) is 25.9 Å². The molecule has 1 aliphatic rings. The number of nitrogens with one attached hydrogen (secondary N) is 2. The van der Waals surface area contributed by atoms with Crippen molar-refractivity contribution in [2.24, 2.45) is 0 Å². The molecule has 1 aliphatic heterocycles. The Labute approximate surface area is 144 Å². The minimum absolute atomic E-state index is 0.115. The maximum atomic E-state index is 13.1. The van der Waals surface area contributed by atoms with Crippen molar-refractivity contribution >= 4 is 11.7 Å². The van der Waals surface area contributed by atoms with E-state index in [4.69, 9.17) is 0 Å². The summed E-state index contributed by atoms with van der Waals surface area (Å²) in [7, 11) is 4.26. The van der Waals surface area contributed by atoms with Gasteiger partial charge in [-0.25, -0.2) is 9.18 Å². The van der Waals surface area contributed by atoms with Crippen LogP contribution < -0.4 is 10.6 Å². The summed E-state index contributed by atoms with van der Waals surface area (Å²) in [4.78, 5) is 16.7. The van der Waals surface area contributed by atoms with Crippen molar-refractivity contribution in [3.63, 3.8) is 0 Å².